The molecule has 178 valence electrons. The molecule has 0 saturated heterocycles. The number of halogens is 2. The summed E-state index contributed by atoms with van der Waals surface area (Å²) in [5, 5.41) is 11.5. The molecule has 34 heavy (non-hydrogen) atoms. The largest absolute Gasteiger partial charge is 0.382 e. The summed E-state index contributed by atoms with van der Waals surface area (Å²) >= 11 is 0. The van der Waals surface area contributed by atoms with Gasteiger partial charge < -0.3 is 5.11 Å². The van der Waals surface area contributed by atoms with Crippen molar-refractivity contribution < 1.29 is 18.7 Å². The average molecular weight is 463 g/mol. The standard InChI is InChI=1S/C30H32F2O2/c1-5-30(31,32)29(34)15-14-26-24-12-10-21-16-22(33)11-13-23(21)27(24)25(17-28(26,29)4)20-8-6-19(7-9-20)18(2)3/h1,6-9,16,24-26,34H,2,10-15,17H2,3-4H3/t24?,25?,26?,28?,29-/m0/s1. The van der Waals surface area contributed by atoms with Crippen LogP contribution < -0.4 is 0 Å². The maximum atomic E-state index is 15.1. The molecule has 0 spiro atoms. The van der Waals surface area contributed by atoms with Gasteiger partial charge in [0.1, 0.15) is 5.60 Å². The topological polar surface area (TPSA) is 37.3 Å². The zero-order valence-corrected chi connectivity index (χ0v) is 20.0. The van der Waals surface area contributed by atoms with Crippen molar-refractivity contribution in [3.63, 3.8) is 0 Å². The molecule has 0 bridgehead atoms. The minimum absolute atomic E-state index is 0.00692. The van der Waals surface area contributed by atoms with Gasteiger partial charge in [0.15, 0.2) is 5.78 Å². The minimum Gasteiger partial charge on any atom is -0.382 e. The summed E-state index contributed by atoms with van der Waals surface area (Å²) in [7, 11) is 0. The van der Waals surface area contributed by atoms with Gasteiger partial charge in [0, 0.05) is 17.8 Å². The van der Waals surface area contributed by atoms with E-state index in [2.05, 4.69) is 18.7 Å². The van der Waals surface area contributed by atoms with Crippen LogP contribution in [0.2, 0.25) is 0 Å². The normalized spacial score (nSPS) is 35.1. The lowest BCUT2D eigenvalue weighted by Gasteiger charge is -2.55. The highest BCUT2D eigenvalue weighted by Crippen LogP contribution is 2.69. The quantitative estimate of drug-likeness (QED) is 0.513. The number of benzene rings is 1. The molecular weight excluding hydrogens is 430 g/mol. The lowest BCUT2D eigenvalue weighted by molar-refractivity contribution is -0.209. The lowest BCUT2D eigenvalue weighted by Crippen LogP contribution is -2.60. The Kier molecular flexibility index (Phi) is 5.30. The van der Waals surface area contributed by atoms with Crippen molar-refractivity contribution in [2.45, 2.75) is 76.2 Å². The lowest BCUT2D eigenvalue weighted by atomic mass is 9.50. The molecule has 4 heteroatoms. The van der Waals surface area contributed by atoms with Crippen molar-refractivity contribution >= 4 is 11.4 Å². The molecule has 2 saturated carbocycles. The number of aliphatic hydroxyl groups is 1. The molecule has 0 radical (unpaired) electrons. The maximum Gasteiger partial charge on any atom is 0.336 e. The molecule has 2 nitrogen and oxygen atoms in total. The number of rotatable bonds is 3. The summed E-state index contributed by atoms with van der Waals surface area (Å²) < 4.78 is 30.2. The van der Waals surface area contributed by atoms with Crippen molar-refractivity contribution in [3.8, 4) is 12.3 Å². The van der Waals surface area contributed by atoms with Gasteiger partial charge in [-0.2, -0.15) is 8.78 Å². The summed E-state index contributed by atoms with van der Waals surface area (Å²) in [6.07, 6.45) is 10.8. The second kappa shape index (κ2) is 7.75. The van der Waals surface area contributed by atoms with Crippen molar-refractivity contribution in [1.82, 2.24) is 0 Å². The Bertz CT molecular complexity index is 1170. The summed E-state index contributed by atoms with van der Waals surface area (Å²) in [6.45, 7) is 7.81. The van der Waals surface area contributed by atoms with Gasteiger partial charge in [-0.3, -0.25) is 4.79 Å². The van der Waals surface area contributed by atoms with Gasteiger partial charge in [0.2, 0.25) is 0 Å². The fraction of sp³-hybridized carbons (Fsp3) is 0.500. The van der Waals surface area contributed by atoms with Crippen LogP contribution in [0.1, 0.15) is 75.8 Å². The Morgan fingerprint density at radius 3 is 2.56 bits per heavy atom. The van der Waals surface area contributed by atoms with Crippen LogP contribution in [-0.4, -0.2) is 22.4 Å². The van der Waals surface area contributed by atoms with E-state index >= 15 is 8.78 Å². The molecule has 0 amide bonds. The van der Waals surface area contributed by atoms with Crippen molar-refractivity contribution in [2.24, 2.45) is 17.3 Å². The van der Waals surface area contributed by atoms with E-state index in [0.29, 0.717) is 25.7 Å². The van der Waals surface area contributed by atoms with E-state index in [1.807, 2.05) is 26.0 Å². The first-order valence-electron chi connectivity index (χ1n) is 12.3. The van der Waals surface area contributed by atoms with Crippen LogP contribution >= 0.6 is 0 Å². The van der Waals surface area contributed by atoms with E-state index in [9.17, 15) is 9.90 Å². The molecular formula is C30H32F2O2. The molecule has 2 fully saturated rings. The molecule has 0 aliphatic heterocycles. The third-order valence-electron chi connectivity index (χ3n) is 9.39. The number of carbonyl (C=O) groups is 1. The molecule has 1 aromatic rings. The van der Waals surface area contributed by atoms with Gasteiger partial charge in [-0.1, -0.05) is 48.9 Å². The molecule has 0 aromatic heterocycles. The van der Waals surface area contributed by atoms with E-state index < -0.39 is 16.9 Å². The first kappa shape index (κ1) is 23.2. The molecule has 4 aliphatic rings. The first-order valence-corrected chi connectivity index (χ1v) is 12.3. The monoisotopic (exact) mass is 462 g/mol. The third kappa shape index (κ3) is 3.13. The Morgan fingerprint density at radius 1 is 1.21 bits per heavy atom. The Balaban J connectivity index is 1.69. The molecule has 4 aliphatic carbocycles. The van der Waals surface area contributed by atoms with E-state index in [0.717, 1.165) is 35.1 Å². The number of alkyl halides is 2. The van der Waals surface area contributed by atoms with Crippen LogP contribution in [0.3, 0.4) is 0 Å². The highest BCUT2D eigenvalue weighted by atomic mass is 19.3. The average Bonchev–Trinajstić information content (AvgIpc) is 3.10. The summed E-state index contributed by atoms with van der Waals surface area (Å²) in [4.78, 5) is 12.2. The maximum absolute atomic E-state index is 15.1. The number of allylic oxidation sites excluding steroid dienone is 5. The van der Waals surface area contributed by atoms with Gasteiger partial charge in [0.25, 0.3) is 0 Å². The fourth-order valence-electron chi connectivity index (χ4n) is 7.60. The summed E-state index contributed by atoms with van der Waals surface area (Å²) in [5.41, 5.74) is 3.52. The van der Waals surface area contributed by atoms with Gasteiger partial charge in [-0.05, 0) is 91.6 Å². The predicted octanol–water partition coefficient (Wildman–Crippen LogP) is 6.62. The van der Waals surface area contributed by atoms with Crippen LogP contribution in [-0.2, 0) is 4.79 Å². The number of fused-ring (bicyclic) bond motifs is 4. The number of terminal acetylenes is 1. The van der Waals surface area contributed by atoms with Crippen LogP contribution in [0.5, 0.6) is 0 Å². The Hall–Kier alpha value is -2.51. The first-order chi connectivity index (χ1) is 16.0. The van der Waals surface area contributed by atoms with Crippen LogP contribution in [0, 0.1) is 29.6 Å². The SMILES string of the molecule is C#CC(F)(F)[C@]1(O)CCC2C3CCC4=CC(=O)CCC4=C3C(c3ccc(C(=C)C)cc3)CC21C. The molecule has 4 unspecified atom stereocenters. The highest BCUT2D eigenvalue weighted by Gasteiger charge is 2.71. The summed E-state index contributed by atoms with van der Waals surface area (Å²) in [6, 6.07) is 8.21. The predicted molar refractivity (Wildman–Crippen MR) is 130 cm³/mol. The van der Waals surface area contributed by atoms with Crippen molar-refractivity contribution in [1.29, 1.82) is 0 Å². The van der Waals surface area contributed by atoms with E-state index in [-0.39, 0.29) is 30.0 Å². The van der Waals surface area contributed by atoms with Crippen molar-refractivity contribution in [3.05, 3.63) is 64.8 Å². The van der Waals surface area contributed by atoms with E-state index in [1.54, 1.807) is 12.0 Å². The molecule has 5 rings (SSSR count). The fourth-order valence-corrected chi connectivity index (χ4v) is 7.60. The number of carbonyl (C=O) groups excluding carboxylic acids is 1. The minimum atomic E-state index is -3.59. The van der Waals surface area contributed by atoms with Crippen molar-refractivity contribution in [2.75, 3.05) is 0 Å². The van der Waals surface area contributed by atoms with Crippen LogP contribution in [0.4, 0.5) is 8.78 Å². The molecule has 1 N–H and O–H groups in total. The van der Waals surface area contributed by atoms with E-state index in [1.165, 1.54) is 11.1 Å². The number of ketones is 1. The number of hydrogen-bond donors (Lipinski definition) is 1. The second-order valence-electron chi connectivity index (χ2n) is 11.0. The Labute approximate surface area is 200 Å². The smallest absolute Gasteiger partial charge is 0.336 e. The van der Waals surface area contributed by atoms with Gasteiger partial charge in [-0.15, -0.1) is 6.42 Å². The number of hydrogen-bond acceptors (Lipinski definition) is 2. The Morgan fingerprint density at radius 2 is 1.91 bits per heavy atom. The zero-order chi connectivity index (χ0) is 24.5. The van der Waals surface area contributed by atoms with Gasteiger partial charge in [0.05, 0.1) is 0 Å². The van der Waals surface area contributed by atoms with Crippen LogP contribution in [0.25, 0.3) is 5.57 Å². The summed E-state index contributed by atoms with van der Waals surface area (Å²) in [5.74, 6) is -1.86. The molecule has 0 heterocycles. The zero-order valence-electron chi connectivity index (χ0n) is 20.0. The molecule has 1 aromatic carbocycles. The van der Waals surface area contributed by atoms with Crippen LogP contribution in [0.15, 0.2) is 53.6 Å². The van der Waals surface area contributed by atoms with Gasteiger partial charge in [-0.25, -0.2) is 0 Å². The second-order valence-corrected chi connectivity index (χ2v) is 11.0. The van der Waals surface area contributed by atoms with Gasteiger partial charge >= 0.3 is 5.92 Å². The highest BCUT2D eigenvalue weighted by molar-refractivity contribution is 5.93. The van der Waals surface area contributed by atoms with E-state index in [4.69, 9.17) is 6.42 Å². The molecule has 5 atom stereocenters. The third-order valence-corrected chi connectivity index (χ3v) is 9.39.